The fourth-order valence-corrected chi connectivity index (χ4v) is 2.50. The molecule has 2 heteroatoms. The molecule has 1 N–H and O–H groups in total. The normalized spacial score (nSPS) is 22.5. The highest BCUT2D eigenvalue weighted by Crippen LogP contribution is 2.37. The van der Waals surface area contributed by atoms with E-state index in [-0.39, 0.29) is 11.7 Å². The Kier molecular flexibility index (Phi) is 2.30. The second-order valence-corrected chi connectivity index (χ2v) is 4.28. The average molecular weight is 224 g/mol. The van der Waals surface area contributed by atoms with Crippen LogP contribution in [0.15, 0.2) is 54.6 Å². The van der Waals surface area contributed by atoms with E-state index in [9.17, 15) is 9.90 Å². The summed E-state index contributed by atoms with van der Waals surface area (Å²) in [5.74, 6) is -0.394. The smallest absolute Gasteiger partial charge is 0.192 e. The van der Waals surface area contributed by atoms with Crippen LogP contribution in [0.4, 0.5) is 0 Å². The van der Waals surface area contributed by atoms with E-state index in [1.54, 1.807) is 6.07 Å². The van der Waals surface area contributed by atoms with E-state index >= 15 is 0 Å². The first-order valence-electron chi connectivity index (χ1n) is 5.65. The number of carbonyl (C=O) groups is 1. The van der Waals surface area contributed by atoms with Crippen LogP contribution in [0.2, 0.25) is 0 Å². The third-order valence-corrected chi connectivity index (χ3v) is 3.30. The predicted molar refractivity (Wildman–Crippen MR) is 65.1 cm³/mol. The molecule has 2 nitrogen and oxygen atoms in total. The molecule has 17 heavy (non-hydrogen) atoms. The Labute approximate surface area is 99.5 Å². The zero-order chi connectivity index (χ0) is 11.8. The maximum atomic E-state index is 11.9. The summed E-state index contributed by atoms with van der Waals surface area (Å²) in [5.41, 5.74) is 2.56. The van der Waals surface area contributed by atoms with Gasteiger partial charge in [0.05, 0.1) is 0 Å². The van der Waals surface area contributed by atoms with Crippen molar-refractivity contribution < 1.29 is 9.90 Å². The minimum atomic E-state index is -0.949. The average Bonchev–Trinajstić information content (AvgIpc) is 2.64. The number of rotatable bonds is 1. The van der Waals surface area contributed by atoms with Crippen LogP contribution in [0.5, 0.6) is 0 Å². The monoisotopic (exact) mass is 224 g/mol. The van der Waals surface area contributed by atoms with E-state index in [2.05, 4.69) is 0 Å². The number of aliphatic hydroxyl groups is 1. The molecule has 2 aromatic rings. The van der Waals surface area contributed by atoms with Gasteiger partial charge < -0.3 is 5.11 Å². The van der Waals surface area contributed by atoms with Gasteiger partial charge in [-0.05, 0) is 11.1 Å². The third-order valence-electron chi connectivity index (χ3n) is 3.30. The fraction of sp³-hybridized carbons (Fsp3) is 0.133. The summed E-state index contributed by atoms with van der Waals surface area (Å²) in [7, 11) is 0. The number of hydrogen-bond acceptors (Lipinski definition) is 2. The lowest BCUT2D eigenvalue weighted by atomic mass is 9.91. The van der Waals surface area contributed by atoms with Crippen LogP contribution in [0, 0.1) is 0 Å². The van der Waals surface area contributed by atoms with Gasteiger partial charge in [-0.15, -0.1) is 0 Å². The summed E-state index contributed by atoms with van der Waals surface area (Å²) in [6, 6.07) is 17.1. The molecule has 2 aromatic carbocycles. The SMILES string of the molecule is O=C1c2ccccc2C(c2ccccc2)C1O. The van der Waals surface area contributed by atoms with Gasteiger partial charge in [-0.25, -0.2) is 0 Å². The molecule has 0 bridgehead atoms. The molecule has 0 saturated heterocycles. The maximum absolute atomic E-state index is 11.9. The molecule has 0 aliphatic heterocycles. The summed E-state index contributed by atoms with van der Waals surface area (Å²) in [6.07, 6.45) is -0.949. The lowest BCUT2D eigenvalue weighted by Crippen LogP contribution is -2.20. The van der Waals surface area contributed by atoms with Crippen LogP contribution in [0.3, 0.4) is 0 Å². The second kappa shape index (κ2) is 3.82. The molecule has 84 valence electrons. The van der Waals surface area contributed by atoms with Gasteiger partial charge in [0.15, 0.2) is 5.78 Å². The third kappa shape index (κ3) is 1.49. The molecule has 0 saturated carbocycles. The van der Waals surface area contributed by atoms with Crippen LogP contribution in [0.25, 0.3) is 0 Å². The van der Waals surface area contributed by atoms with Crippen molar-refractivity contribution in [1.29, 1.82) is 0 Å². The summed E-state index contributed by atoms with van der Waals surface area (Å²) >= 11 is 0. The quantitative estimate of drug-likeness (QED) is 0.807. The Bertz CT molecular complexity index is 560. The molecule has 0 fully saturated rings. The fourth-order valence-electron chi connectivity index (χ4n) is 2.50. The zero-order valence-electron chi connectivity index (χ0n) is 9.21. The molecule has 3 rings (SSSR count). The highest BCUT2D eigenvalue weighted by Gasteiger charge is 2.38. The summed E-state index contributed by atoms with van der Waals surface area (Å²) in [6.45, 7) is 0. The zero-order valence-corrected chi connectivity index (χ0v) is 9.21. The van der Waals surface area contributed by atoms with E-state index in [1.165, 1.54) is 0 Å². The molecular formula is C15H12O2. The number of hydrogen-bond donors (Lipinski definition) is 1. The van der Waals surface area contributed by atoms with Gasteiger partial charge in [-0.1, -0.05) is 54.6 Å². The number of aliphatic hydroxyl groups excluding tert-OH is 1. The molecule has 1 aliphatic rings. The number of benzene rings is 2. The van der Waals surface area contributed by atoms with Gasteiger partial charge in [0.2, 0.25) is 0 Å². The van der Waals surface area contributed by atoms with Crippen molar-refractivity contribution in [3.63, 3.8) is 0 Å². The number of carbonyl (C=O) groups excluding carboxylic acids is 1. The van der Waals surface area contributed by atoms with Crippen LogP contribution in [-0.4, -0.2) is 17.0 Å². The summed E-state index contributed by atoms with van der Waals surface area (Å²) in [5, 5.41) is 10.1. The predicted octanol–water partition coefficient (Wildman–Crippen LogP) is 2.38. The van der Waals surface area contributed by atoms with Crippen molar-refractivity contribution in [3.05, 3.63) is 71.3 Å². The van der Waals surface area contributed by atoms with E-state index in [0.717, 1.165) is 11.1 Å². The largest absolute Gasteiger partial charge is 0.384 e. The molecule has 2 unspecified atom stereocenters. The van der Waals surface area contributed by atoms with Crippen molar-refractivity contribution in [3.8, 4) is 0 Å². The topological polar surface area (TPSA) is 37.3 Å². The molecule has 0 aromatic heterocycles. The molecule has 2 atom stereocenters. The van der Waals surface area contributed by atoms with Crippen molar-refractivity contribution in [1.82, 2.24) is 0 Å². The van der Waals surface area contributed by atoms with Gasteiger partial charge in [-0.3, -0.25) is 4.79 Å². The van der Waals surface area contributed by atoms with Gasteiger partial charge in [-0.2, -0.15) is 0 Å². The minimum Gasteiger partial charge on any atom is -0.384 e. The van der Waals surface area contributed by atoms with Crippen molar-refractivity contribution >= 4 is 5.78 Å². The summed E-state index contributed by atoms with van der Waals surface area (Å²) < 4.78 is 0. The highest BCUT2D eigenvalue weighted by molar-refractivity contribution is 6.05. The first kappa shape index (κ1) is 10.2. The van der Waals surface area contributed by atoms with Crippen molar-refractivity contribution in [2.75, 3.05) is 0 Å². The Balaban J connectivity index is 2.16. The van der Waals surface area contributed by atoms with Crippen LogP contribution < -0.4 is 0 Å². The van der Waals surface area contributed by atoms with Crippen LogP contribution in [0.1, 0.15) is 27.4 Å². The Hall–Kier alpha value is -1.93. The lowest BCUT2D eigenvalue weighted by Gasteiger charge is -2.14. The molecular weight excluding hydrogens is 212 g/mol. The van der Waals surface area contributed by atoms with Crippen LogP contribution >= 0.6 is 0 Å². The standard InChI is InChI=1S/C15H12O2/c16-14-12-9-5-4-8-11(12)13(15(14)17)10-6-2-1-3-7-10/h1-9,13,15,17H. The summed E-state index contributed by atoms with van der Waals surface area (Å²) in [4.78, 5) is 11.9. The Morgan fingerprint density at radius 1 is 0.882 bits per heavy atom. The number of ketones is 1. The lowest BCUT2D eigenvalue weighted by molar-refractivity contribution is 0.0754. The first-order chi connectivity index (χ1) is 8.29. The Morgan fingerprint density at radius 2 is 1.53 bits per heavy atom. The first-order valence-corrected chi connectivity index (χ1v) is 5.65. The van der Waals surface area contributed by atoms with Crippen molar-refractivity contribution in [2.24, 2.45) is 0 Å². The van der Waals surface area contributed by atoms with E-state index in [4.69, 9.17) is 0 Å². The van der Waals surface area contributed by atoms with E-state index < -0.39 is 6.10 Å². The number of fused-ring (bicyclic) bond motifs is 1. The minimum absolute atomic E-state index is 0.172. The second-order valence-electron chi connectivity index (χ2n) is 4.28. The van der Waals surface area contributed by atoms with E-state index in [0.29, 0.717) is 5.56 Å². The molecule has 0 spiro atoms. The Morgan fingerprint density at radius 3 is 2.29 bits per heavy atom. The highest BCUT2D eigenvalue weighted by atomic mass is 16.3. The molecule has 0 amide bonds. The van der Waals surface area contributed by atoms with Gasteiger partial charge in [0.1, 0.15) is 6.10 Å². The van der Waals surface area contributed by atoms with Gasteiger partial charge >= 0.3 is 0 Å². The molecule has 0 heterocycles. The van der Waals surface area contributed by atoms with Crippen molar-refractivity contribution in [2.45, 2.75) is 12.0 Å². The molecule has 1 aliphatic carbocycles. The van der Waals surface area contributed by atoms with E-state index in [1.807, 2.05) is 48.5 Å². The maximum Gasteiger partial charge on any atom is 0.192 e. The number of Topliss-reactive ketones (excluding diaryl/α,β-unsaturated/α-hetero) is 1. The molecule has 0 radical (unpaired) electrons. The van der Waals surface area contributed by atoms with Crippen LogP contribution in [-0.2, 0) is 0 Å². The van der Waals surface area contributed by atoms with Gasteiger partial charge in [0.25, 0.3) is 0 Å². The van der Waals surface area contributed by atoms with Gasteiger partial charge in [0, 0.05) is 11.5 Å².